The quantitative estimate of drug-likeness (QED) is 0.770. The lowest BCUT2D eigenvalue weighted by Gasteiger charge is -2.17. The van der Waals surface area contributed by atoms with Crippen molar-refractivity contribution in [1.82, 2.24) is 5.32 Å². The molecule has 0 spiro atoms. The maximum absolute atomic E-state index is 11.3. The minimum absolute atomic E-state index is 0.230. The summed E-state index contributed by atoms with van der Waals surface area (Å²) in [5.41, 5.74) is 0. The molecule has 1 saturated heterocycles. The first kappa shape index (κ1) is 12.4. The summed E-state index contributed by atoms with van der Waals surface area (Å²) < 4.78 is 22.6. The topological polar surface area (TPSA) is 46.2 Å². The minimum Gasteiger partial charge on any atom is -0.313 e. The summed E-state index contributed by atoms with van der Waals surface area (Å²) in [6, 6.07) is 0.230. The molecule has 94 valence electrons. The predicted molar refractivity (Wildman–Crippen MR) is 66.3 cm³/mol. The van der Waals surface area contributed by atoms with Crippen LogP contribution in [-0.4, -0.2) is 32.5 Å². The van der Waals surface area contributed by atoms with Gasteiger partial charge in [-0.25, -0.2) is 8.42 Å². The van der Waals surface area contributed by atoms with Gasteiger partial charge in [0.2, 0.25) is 0 Å². The Morgan fingerprint density at radius 2 is 1.69 bits per heavy atom. The highest BCUT2D eigenvalue weighted by Gasteiger charge is 2.27. The Hall–Kier alpha value is -0.0900. The van der Waals surface area contributed by atoms with Crippen LogP contribution < -0.4 is 5.32 Å². The van der Waals surface area contributed by atoms with E-state index in [4.69, 9.17) is 0 Å². The van der Waals surface area contributed by atoms with Crippen LogP contribution in [0.5, 0.6) is 0 Å². The lowest BCUT2D eigenvalue weighted by Crippen LogP contribution is -2.34. The third kappa shape index (κ3) is 3.74. The molecule has 1 aliphatic carbocycles. The van der Waals surface area contributed by atoms with E-state index in [0.29, 0.717) is 11.5 Å². The summed E-state index contributed by atoms with van der Waals surface area (Å²) in [7, 11) is -2.72. The molecule has 3 nitrogen and oxygen atoms in total. The van der Waals surface area contributed by atoms with E-state index in [-0.39, 0.29) is 6.04 Å². The molecule has 0 amide bonds. The summed E-state index contributed by atoms with van der Waals surface area (Å²) in [6.07, 6.45) is 8.95. The summed E-state index contributed by atoms with van der Waals surface area (Å²) in [5.74, 6) is 1.53. The average Bonchev–Trinajstić information content (AvgIpc) is 2.47. The van der Waals surface area contributed by atoms with Gasteiger partial charge in [-0.2, -0.15) is 0 Å². The molecule has 1 atom stereocenters. The molecule has 2 fully saturated rings. The van der Waals surface area contributed by atoms with Crippen LogP contribution in [0.1, 0.15) is 44.9 Å². The molecule has 1 saturated carbocycles. The van der Waals surface area contributed by atoms with E-state index < -0.39 is 9.84 Å². The zero-order valence-electron chi connectivity index (χ0n) is 9.95. The van der Waals surface area contributed by atoms with Crippen LogP contribution in [0.25, 0.3) is 0 Å². The summed E-state index contributed by atoms with van der Waals surface area (Å²) in [5, 5.41) is 3.46. The largest absolute Gasteiger partial charge is 0.313 e. The SMILES string of the molecule is O=S1(=O)CCC(NCC2CCCCCC2)C1. The predicted octanol–water partition coefficient (Wildman–Crippen LogP) is 1.73. The van der Waals surface area contributed by atoms with Gasteiger partial charge in [-0.3, -0.25) is 0 Å². The number of sulfone groups is 1. The van der Waals surface area contributed by atoms with Crippen molar-refractivity contribution in [3.63, 3.8) is 0 Å². The molecule has 2 rings (SSSR count). The van der Waals surface area contributed by atoms with Crippen molar-refractivity contribution < 1.29 is 8.42 Å². The molecule has 4 heteroatoms. The second-order valence-corrected chi connectivity index (χ2v) is 7.59. The smallest absolute Gasteiger partial charge is 0.151 e. The number of hydrogen-bond acceptors (Lipinski definition) is 3. The van der Waals surface area contributed by atoms with Gasteiger partial charge in [-0.15, -0.1) is 0 Å². The van der Waals surface area contributed by atoms with E-state index in [1.54, 1.807) is 0 Å². The van der Waals surface area contributed by atoms with Gasteiger partial charge in [0.1, 0.15) is 0 Å². The third-order valence-electron chi connectivity index (χ3n) is 3.90. The van der Waals surface area contributed by atoms with E-state index in [9.17, 15) is 8.42 Å². The normalized spacial score (nSPS) is 31.4. The van der Waals surface area contributed by atoms with Crippen molar-refractivity contribution in [3.8, 4) is 0 Å². The zero-order valence-corrected chi connectivity index (χ0v) is 10.8. The number of nitrogens with one attached hydrogen (secondary N) is 1. The van der Waals surface area contributed by atoms with E-state index in [1.807, 2.05) is 0 Å². The summed E-state index contributed by atoms with van der Waals surface area (Å²) in [6.45, 7) is 1.03. The first-order valence-corrected chi connectivity index (χ1v) is 8.42. The Morgan fingerprint density at radius 3 is 2.25 bits per heavy atom. The van der Waals surface area contributed by atoms with Gasteiger partial charge in [-0.1, -0.05) is 25.7 Å². The molecular weight excluding hydrogens is 222 g/mol. The third-order valence-corrected chi connectivity index (χ3v) is 5.67. The molecule has 1 heterocycles. The van der Waals surface area contributed by atoms with Crippen molar-refractivity contribution >= 4 is 9.84 Å². The maximum Gasteiger partial charge on any atom is 0.151 e. The number of hydrogen-bond donors (Lipinski definition) is 1. The van der Waals surface area contributed by atoms with Crippen molar-refractivity contribution in [2.75, 3.05) is 18.1 Å². The van der Waals surface area contributed by atoms with E-state index in [0.717, 1.165) is 18.9 Å². The van der Waals surface area contributed by atoms with Crippen LogP contribution in [0.15, 0.2) is 0 Å². The van der Waals surface area contributed by atoms with E-state index in [2.05, 4.69) is 5.32 Å². The fourth-order valence-electron chi connectivity index (χ4n) is 2.86. The van der Waals surface area contributed by atoms with Crippen molar-refractivity contribution in [1.29, 1.82) is 0 Å². The molecular formula is C12H23NO2S. The Morgan fingerprint density at radius 1 is 1.00 bits per heavy atom. The molecule has 16 heavy (non-hydrogen) atoms. The molecule has 1 unspecified atom stereocenters. The second-order valence-electron chi connectivity index (χ2n) is 5.37. The van der Waals surface area contributed by atoms with Crippen LogP contribution in [0.3, 0.4) is 0 Å². The molecule has 0 aromatic rings. The fraction of sp³-hybridized carbons (Fsp3) is 1.00. The molecule has 2 aliphatic rings. The van der Waals surface area contributed by atoms with Crippen LogP contribution >= 0.6 is 0 Å². The Balaban J connectivity index is 1.71. The van der Waals surface area contributed by atoms with Crippen LogP contribution in [0.2, 0.25) is 0 Å². The molecule has 1 N–H and O–H groups in total. The van der Waals surface area contributed by atoms with Gasteiger partial charge in [0.15, 0.2) is 9.84 Å². The molecule has 1 aliphatic heterocycles. The van der Waals surface area contributed by atoms with E-state index >= 15 is 0 Å². The van der Waals surface area contributed by atoms with Crippen LogP contribution in [0.4, 0.5) is 0 Å². The van der Waals surface area contributed by atoms with E-state index in [1.165, 1.54) is 38.5 Å². The first-order valence-electron chi connectivity index (χ1n) is 6.59. The van der Waals surface area contributed by atoms with Gasteiger partial charge < -0.3 is 5.32 Å². The Labute approximate surface area is 98.9 Å². The average molecular weight is 245 g/mol. The Bertz CT molecular complexity index is 305. The molecule has 0 aromatic carbocycles. The highest BCUT2D eigenvalue weighted by Crippen LogP contribution is 2.22. The van der Waals surface area contributed by atoms with Crippen LogP contribution in [0, 0.1) is 5.92 Å². The van der Waals surface area contributed by atoms with Gasteiger partial charge in [0, 0.05) is 6.04 Å². The monoisotopic (exact) mass is 245 g/mol. The zero-order chi connectivity index (χ0) is 11.4. The standard InChI is InChI=1S/C12H23NO2S/c14-16(15)8-7-12(10-16)13-9-11-5-3-1-2-4-6-11/h11-13H,1-10H2. The lowest BCUT2D eigenvalue weighted by atomic mass is 10.00. The number of rotatable bonds is 3. The minimum atomic E-state index is -2.72. The van der Waals surface area contributed by atoms with Crippen molar-refractivity contribution in [3.05, 3.63) is 0 Å². The second kappa shape index (κ2) is 5.50. The first-order chi connectivity index (χ1) is 7.66. The van der Waals surface area contributed by atoms with Gasteiger partial charge in [0.25, 0.3) is 0 Å². The van der Waals surface area contributed by atoms with Gasteiger partial charge in [0.05, 0.1) is 11.5 Å². The molecule has 0 bridgehead atoms. The van der Waals surface area contributed by atoms with Crippen molar-refractivity contribution in [2.45, 2.75) is 51.0 Å². The summed E-state index contributed by atoms with van der Waals surface area (Å²) in [4.78, 5) is 0. The summed E-state index contributed by atoms with van der Waals surface area (Å²) >= 11 is 0. The molecule has 0 radical (unpaired) electrons. The lowest BCUT2D eigenvalue weighted by molar-refractivity contribution is 0.401. The van der Waals surface area contributed by atoms with Gasteiger partial charge in [-0.05, 0) is 31.7 Å². The van der Waals surface area contributed by atoms with Crippen molar-refractivity contribution in [2.24, 2.45) is 5.92 Å². The highest BCUT2D eigenvalue weighted by molar-refractivity contribution is 7.91. The maximum atomic E-state index is 11.3. The fourth-order valence-corrected chi connectivity index (χ4v) is 4.57. The highest BCUT2D eigenvalue weighted by atomic mass is 32.2. The van der Waals surface area contributed by atoms with Gasteiger partial charge >= 0.3 is 0 Å². The van der Waals surface area contributed by atoms with Crippen LogP contribution in [-0.2, 0) is 9.84 Å². The molecule has 0 aromatic heterocycles. The Kier molecular flexibility index (Phi) is 4.25.